The molecule has 1 amide bonds. The van der Waals surface area contributed by atoms with Gasteiger partial charge >= 0.3 is 0 Å². The normalized spacial score (nSPS) is 16.9. The summed E-state index contributed by atoms with van der Waals surface area (Å²) in [4.78, 5) is 22.9. The number of carbonyl (C=O) groups excluding carboxylic acids is 1. The molecular weight excluding hydrogens is 552 g/mol. The molecule has 2 aliphatic rings. The molecule has 2 aromatic heterocycles. The van der Waals surface area contributed by atoms with Crippen LogP contribution in [0.1, 0.15) is 58.9 Å². The Bertz CT molecular complexity index is 1660. The Hall–Kier alpha value is -3.42. The van der Waals surface area contributed by atoms with Crippen LogP contribution in [0.3, 0.4) is 0 Å². The number of fused-ring (bicyclic) bond motifs is 2. The van der Waals surface area contributed by atoms with Crippen LogP contribution in [0.4, 0.5) is 4.39 Å². The fraction of sp³-hybridized carbons (Fsp3) is 0.323. The Balaban J connectivity index is 1.32. The van der Waals surface area contributed by atoms with Crippen molar-refractivity contribution < 1.29 is 18.7 Å². The molecule has 1 aliphatic carbocycles. The highest BCUT2D eigenvalue weighted by molar-refractivity contribution is 6.32. The molecule has 6 nitrogen and oxygen atoms in total. The number of pyridine rings is 2. The third-order valence-electron chi connectivity index (χ3n) is 7.77. The molecule has 0 radical (unpaired) electrons. The molecule has 9 heteroatoms. The van der Waals surface area contributed by atoms with E-state index in [0.29, 0.717) is 63.6 Å². The Morgan fingerprint density at radius 3 is 2.67 bits per heavy atom. The standard InChI is InChI=1S/C31H28Cl2FN3O3/c1-15-14-40-30-21(15)12-26(37-29(30)18-6-7-23(32)25(34)10-18)22(17-4-5-17)13-35-31(38)20-8-19-9-24(33)16(2)36-28(19)27(11-20)39-3/h6-12,15,17,22H,4-5,13-14H2,1-3H3,(H,35,38). The zero-order chi connectivity index (χ0) is 28.1. The van der Waals surface area contributed by atoms with Gasteiger partial charge < -0.3 is 14.8 Å². The number of methoxy groups -OCH3 is 1. The van der Waals surface area contributed by atoms with Gasteiger partial charge in [0.2, 0.25) is 0 Å². The fourth-order valence-corrected chi connectivity index (χ4v) is 5.62. The van der Waals surface area contributed by atoms with Gasteiger partial charge in [-0.2, -0.15) is 0 Å². The van der Waals surface area contributed by atoms with Crippen LogP contribution in [0.25, 0.3) is 22.2 Å². The third-order valence-corrected chi connectivity index (χ3v) is 8.46. The van der Waals surface area contributed by atoms with Crippen LogP contribution in [-0.4, -0.2) is 36.1 Å². The van der Waals surface area contributed by atoms with Crippen molar-refractivity contribution >= 4 is 40.0 Å². The third kappa shape index (κ3) is 4.97. The van der Waals surface area contributed by atoms with Gasteiger partial charge in [-0.05, 0) is 62.1 Å². The predicted molar refractivity (Wildman–Crippen MR) is 154 cm³/mol. The summed E-state index contributed by atoms with van der Waals surface area (Å²) in [5.74, 6) is 1.04. The van der Waals surface area contributed by atoms with Crippen molar-refractivity contribution in [3.8, 4) is 22.8 Å². The molecule has 40 heavy (non-hydrogen) atoms. The van der Waals surface area contributed by atoms with E-state index in [1.54, 1.807) is 31.4 Å². The van der Waals surface area contributed by atoms with E-state index in [0.717, 1.165) is 29.5 Å². The lowest BCUT2D eigenvalue weighted by atomic mass is 9.93. The minimum absolute atomic E-state index is 0.000871. The SMILES string of the molecule is COc1cc(C(=O)NCC(c2cc3c(c(-c4ccc(Cl)c(F)c4)n2)OCC3C)C2CC2)cc2cc(Cl)c(C)nc12. The molecule has 0 saturated heterocycles. The minimum Gasteiger partial charge on any atom is -0.494 e. The summed E-state index contributed by atoms with van der Waals surface area (Å²) in [5.41, 5.74) is 4.93. The average molecular weight is 580 g/mol. The predicted octanol–water partition coefficient (Wildman–Crippen LogP) is 7.48. The second-order valence-corrected chi connectivity index (χ2v) is 11.4. The topological polar surface area (TPSA) is 73.3 Å². The van der Waals surface area contributed by atoms with Crippen molar-refractivity contribution in [1.82, 2.24) is 15.3 Å². The first kappa shape index (κ1) is 26.8. The van der Waals surface area contributed by atoms with Crippen LogP contribution in [0.5, 0.6) is 11.5 Å². The fourth-order valence-electron chi connectivity index (χ4n) is 5.34. The van der Waals surface area contributed by atoms with E-state index in [9.17, 15) is 9.18 Å². The van der Waals surface area contributed by atoms with Crippen molar-refractivity contribution in [2.45, 2.75) is 38.5 Å². The molecule has 6 rings (SSSR count). The highest BCUT2D eigenvalue weighted by Crippen LogP contribution is 2.47. The molecule has 0 spiro atoms. The molecule has 4 aromatic rings. The van der Waals surface area contributed by atoms with Gasteiger partial charge in [-0.15, -0.1) is 0 Å². The van der Waals surface area contributed by atoms with Crippen molar-refractivity contribution in [2.24, 2.45) is 5.92 Å². The molecule has 1 fully saturated rings. The van der Waals surface area contributed by atoms with Crippen molar-refractivity contribution in [3.63, 3.8) is 0 Å². The average Bonchev–Trinajstić information content (AvgIpc) is 3.72. The van der Waals surface area contributed by atoms with Crippen LogP contribution in [0.2, 0.25) is 10.0 Å². The van der Waals surface area contributed by atoms with Crippen LogP contribution < -0.4 is 14.8 Å². The maximum absolute atomic E-state index is 14.4. The maximum atomic E-state index is 14.4. The molecule has 2 aromatic carbocycles. The first-order valence-corrected chi connectivity index (χ1v) is 14.0. The molecule has 1 N–H and O–H groups in total. The van der Waals surface area contributed by atoms with Gasteiger partial charge in [0.1, 0.15) is 28.5 Å². The maximum Gasteiger partial charge on any atom is 0.251 e. The number of nitrogens with zero attached hydrogens (tertiary/aromatic N) is 2. The Labute approximate surface area is 241 Å². The van der Waals surface area contributed by atoms with Crippen LogP contribution in [0.15, 0.2) is 42.5 Å². The van der Waals surface area contributed by atoms with Gasteiger partial charge in [0.25, 0.3) is 5.91 Å². The number of benzene rings is 2. The number of hydrogen-bond donors (Lipinski definition) is 1. The van der Waals surface area contributed by atoms with Gasteiger partial charge in [-0.3, -0.25) is 4.79 Å². The van der Waals surface area contributed by atoms with Crippen LogP contribution in [-0.2, 0) is 0 Å². The lowest BCUT2D eigenvalue weighted by molar-refractivity contribution is 0.0950. The summed E-state index contributed by atoms with van der Waals surface area (Å²) in [6.07, 6.45) is 2.12. The first-order valence-electron chi connectivity index (χ1n) is 13.3. The number of hydrogen-bond acceptors (Lipinski definition) is 5. The summed E-state index contributed by atoms with van der Waals surface area (Å²) in [7, 11) is 1.56. The van der Waals surface area contributed by atoms with E-state index in [1.165, 1.54) is 12.1 Å². The smallest absolute Gasteiger partial charge is 0.251 e. The summed E-state index contributed by atoms with van der Waals surface area (Å²) < 4.78 is 25.9. The van der Waals surface area contributed by atoms with E-state index in [-0.39, 0.29) is 22.8 Å². The number of aryl methyl sites for hydroxylation is 1. The number of ether oxygens (including phenoxy) is 2. The van der Waals surface area contributed by atoms with E-state index < -0.39 is 5.82 Å². The highest BCUT2D eigenvalue weighted by atomic mass is 35.5. The molecule has 2 unspecified atom stereocenters. The molecule has 1 saturated carbocycles. The van der Waals surface area contributed by atoms with Gasteiger partial charge in [-0.1, -0.05) is 36.2 Å². The van der Waals surface area contributed by atoms with E-state index in [2.05, 4.69) is 23.3 Å². The van der Waals surface area contributed by atoms with Gasteiger partial charge in [-0.25, -0.2) is 14.4 Å². The molecular formula is C31H28Cl2FN3O3. The zero-order valence-electron chi connectivity index (χ0n) is 22.4. The number of carbonyl (C=O) groups is 1. The van der Waals surface area contributed by atoms with Gasteiger partial charge in [0.05, 0.1) is 29.5 Å². The summed E-state index contributed by atoms with van der Waals surface area (Å²) in [6, 6.07) is 12.0. The number of halogens is 3. The Morgan fingerprint density at radius 2 is 1.95 bits per heavy atom. The largest absolute Gasteiger partial charge is 0.494 e. The number of rotatable bonds is 7. The second kappa shape index (κ2) is 10.5. The first-order chi connectivity index (χ1) is 19.2. The zero-order valence-corrected chi connectivity index (χ0v) is 23.9. The van der Waals surface area contributed by atoms with E-state index in [1.807, 2.05) is 6.92 Å². The lowest BCUT2D eigenvalue weighted by Crippen LogP contribution is -2.29. The number of nitrogens with one attached hydrogen (secondary N) is 1. The minimum atomic E-state index is -0.505. The van der Waals surface area contributed by atoms with Gasteiger partial charge in [0.15, 0.2) is 0 Å². The molecule has 1 aliphatic heterocycles. The molecule has 3 heterocycles. The summed E-state index contributed by atoms with van der Waals surface area (Å²) in [5, 5.41) is 4.43. The Kier molecular flexibility index (Phi) is 7.05. The monoisotopic (exact) mass is 579 g/mol. The second-order valence-electron chi connectivity index (χ2n) is 10.6. The number of amides is 1. The lowest BCUT2D eigenvalue weighted by Gasteiger charge is -2.20. The molecule has 0 bridgehead atoms. The van der Waals surface area contributed by atoms with Crippen molar-refractivity contribution in [1.29, 1.82) is 0 Å². The summed E-state index contributed by atoms with van der Waals surface area (Å²) in [6.45, 7) is 4.88. The Morgan fingerprint density at radius 1 is 1.15 bits per heavy atom. The summed E-state index contributed by atoms with van der Waals surface area (Å²) >= 11 is 12.2. The van der Waals surface area contributed by atoms with Crippen molar-refractivity contribution in [3.05, 3.63) is 80.8 Å². The highest BCUT2D eigenvalue weighted by Gasteiger charge is 2.36. The van der Waals surface area contributed by atoms with E-state index >= 15 is 0 Å². The van der Waals surface area contributed by atoms with Crippen LogP contribution in [0, 0.1) is 18.7 Å². The van der Waals surface area contributed by atoms with Crippen LogP contribution >= 0.6 is 23.2 Å². The quantitative estimate of drug-likeness (QED) is 0.245. The van der Waals surface area contributed by atoms with E-state index in [4.69, 9.17) is 37.7 Å². The van der Waals surface area contributed by atoms with Gasteiger partial charge in [0, 0.05) is 46.2 Å². The number of aromatic nitrogens is 2. The molecule has 2 atom stereocenters. The van der Waals surface area contributed by atoms with Crippen molar-refractivity contribution in [2.75, 3.05) is 20.3 Å². The molecule has 206 valence electrons.